The molecule has 0 aliphatic heterocycles. The highest BCUT2D eigenvalue weighted by Crippen LogP contribution is 2.40. The van der Waals surface area contributed by atoms with Crippen molar-refractivity contribution in [3.63, 3.8) is 0 Å². The van der Waals surface area contributed by atoms with Gasteiger partial charge in [0.25, 0.3) is 0 Å². The van der Waals surface area contributed by atoms with Crippen molar-refractivity contribution in [2.75, 3.05) is 5.75 Å². The van der Waals surface area contributed by atoms with E-state index in [4.69, 9.17) is 10.7 Å². The molecular formula is C9H19ClO2SSi. The van der Waals surface area contributed by atoms with Gasteiger partial charge in [0.1, 0.15) is 0 Å². The second-order valence-corrected chi connectivity index (χ2v) is 14.0. The summed E-state index contributed by atoms with van der Waals surface area (Å²) >= 11 is 0. The maximum Gasteiger partial charge on any atom is 0.232 e. The second kappa shape index (κ2) is 4.14. The van der Waals surface area contributed by atoms with Gasteiger partial charge in [0, 0.05) is 18.8 Å². The van der Waals surface area contributed by atoms with Crippen LogP contribution in [0.3, 0.4) is 0 Å². The summed E-state index contributed by atoms with van der Waals surface area (Å²) in [6, 6.07) is 1.33. The van der Waals surface area contributed by atoms with Crippen molar-refractivity contribution in [2.45, 2.75) is 38.5 Å². The van der Waals surface area contributed by atoms with E-state index in [2.05, 4.69) is 19.6 Å². The van der Waals surface area contributed by atoms with Crippen molar-refractivity contribution in [3.8, 4) is 0 Å². The lowest BCUT2D eigenvalue weighted by Gasteiger charge is -2.37. The minimum absolute atomic E-state index is 0.177. The van der Waals surface area contributed by atoms with Crippen molar-refractivity contribution in [2.24, 2.45) is 11.8 Å². The number of hydrogen-bond acceptors (Lipinski definition) is 2. The average molecular weight is 255 g/mol. The largest absolute Gasteiger partial charge is 0.232 e. The van der Waals surface area contributed by atoms with Gasteiger partial charge in [0.15, 0.2) is 0 Å². The first-order chi connectivity index (χ1) is 6.16. The fourth-order valence-corrected chi connectivity index (χ4v) is 5.76. The van der Waals surface area contributed by atoms with Crippen LogP contribution in [0.1, 0.15) is 12.8 Å². The smallest absolute Gasteiger partial charge is 0.212 e. The Morgan fingerprint density at radius 2 is 1.71 bits per heavy atom. The lowest BCUT2D eigenvalue weighted by atomic mass is 9.77. The summed E-state index contributed by atoms with van der Waals surface area (Å²) in [6.07, 6.45) is 2.13. The molecule has 84 valence electrons. The topological polar surface area (TPSA) is 34.1 Å². The van der Waals surface area contributed by atoms with Crippen LogP contribution in [-0.4, -0.2) is 22.2 Å². The van der Waals surface area contributed by atoms with Crippen LogP contribution < -0.4 is 0 Å². The van der Waals surface area contributed by atoms with Gasteiger partial charge in [-0.3, -0.25) is 0 Å². The molecule has 0 radical (unpaired) electrons. The molecule has 0 atom stereocenters. The summed E-state index contributed by atoms with van der Waals surface area (Å²) in [5, 5.41) is 0. The van der Waals surface area contributed by atoms with Gasteiger partial charge < -0.3 is 0 Å². The molecule has 2 nitrogen and oxygen atoms in total. The van der Waals surface area contributed by atoms with Crippen molar-refractivity contribution < 1.29 is 8.42 Å². The highest BCUT2D eigenvalue weighted by Gasteiger charge is 2.34. The minimum Gasteiger partial charge on any atom is -0.212 e. The third kappa shape index (κ3) is 4.80. The van der Waals surface area contributed by atoms with Gasteiger partial charge in [-0.15, -0.1) is 0 Å². The van der Waals surface area contributed by atoms with Crippen LogP contribution >= 0.6 is 10.7 Å². The quantitative estimate of drug-likeness (QED) is 0.571. The Hall–Kier alpha value is 0.457. The molecule has 0 N–H and O–H groups in total. The van der Waals surface area contributed by atoms with E-state index in [9.17, 15) is 8.42 Å². The van der Waals surface area contributed by atoms with Gasteiger partial charge in [-0.05, 0) is 24.7 Å². The molecule has 0 spiro atoms. The maximum atomic E-state index is 10.8. The van der Waals surface area contributed by atoms with Crippen LogP contribution in [0.25, 0.3) is 0 Å². The zero-order chi connectivity index (χ0) is 11.0. The van der Waals surface area contributed by atoms with Gasteiger partial charge in [0.2, 0.25) is 9.05 Å². The summed E-state index contributed by atoms with van der Waals surface area (Å²) < 4.78 is 21.6. The molecule has 14 heavy (non-hydrogen) atoms. The molecule has 0 aromatic heterocycles. The van der Waals surface area contributed by atoms with E-state index in [1.807, 2.05) is 0 Å². The Balaban J connectivity index is 2.25. The van der Waals surface area contributed by atoms with Gasteiger partial charge in [-0.25, -0.2) is 8.42 Å². The van der Waals surface area contributed by atoms with E-state index < -0.39 is 17.1 Å². The normalized spacial score (nSPS) is 28.6. The molecule has 0 aromatic carbocycles. The number of rotatable bonds is 4. The third-order valence-corrected chi connectivity index (χ3v) is 5.72. The predicted molar refractivity (Wildman–Crippen MR) is 64.0 cm³/mol. The molecule has 0 amide bonds. The Labute approximate surface area is 92.5 Å². The van der Waals surface area contributed by atoms with Crippen LogP contribution in [0, 0.1) is 11.8 Å². The zero-order valence-corrected chi connectivity index (χ0v) is 11.7. The highest BCUT2D eigenvalue weighted by molar-refractivity contribution is 8.13. The van der Waals surface area contributed by atoms with Crippen molar-refractivity contribution in [3.05, 3.63) is 0 Å². The fraction of sp³-hybridized carbons (Fsp3) is 1.00. The molecule has 1 fully saturated rings. The van der Waals surface area contributed by atoms with E-state index in [-0.39, 0.29) is 5.75 Å². The summed E-state index contributed by atoms with van der Waals surface area (Å²) in [6.45, 7) is 7.08. The number of halogens is 1. The monoisotopic (exact) mass is 254 g/mol. The Kier molecular flexibility index (Phi) is 3.70. The van der Waals surface area contributed by atoms with Crippen LogP contribution in [0.2, 0.25) is 25.7 Å². The lowest BCUT2D eigenvalue weighted by Crippen LogP contribution is -2.34. The van der Waals surface area contributed by atoms with Crippen LogP contribution in [0.4, 0.5) is 0 Å². The second-order valence-electron chi connectivity index (χ2n) is 5.67. The molecule has 1 rings (SSSR count). The molecular weight excluding hydrogens is 236 g/mol. The van der Waals surface area contributed by atoms with E-state index in [0.717, 1.165) is 18.8 Å². The fourth-order valence-electron chi connectivity index (χ4n) is 2.32. The number of hydrogen-bond donors (Lipinski definition) is 0. The van der Waals surface area contributed by atoms with E-state index in [1.165, 1.54) is 6.04 Å². The molecule has 5 heteroatoms. The Morgan fingerprint density at radius 1 is 1.21 bits per heavy atom. The van der Waals surface area contributed by atoms with Crippen LogP contribution in [0.5, 0.6) is 0 Å². The van der Waals surface area contributed by atoms with Crippen molar-refractivity contribution in [1.29, 1.82) is 0 Å². The van der Waals surface area contributed by atoms with E-state index in [1.54, 1.807) is 0 Å². The zero-order valence-electron chi connectivity index (χ0n) is 9.09. The van der Waals surface area contributed by atoms with Gasteiger partial charge in [-0.1, -0.05) is 25.7 Å². The molecule has 0 unspecified atom stereocenters. The van der Waals surface area contributed by atoms with Crippen molar-refractivity contribution >= 4 is 27.8 Å². The Morgan fingerprint density at radius 3 is 2.07 bits per heavy atom. The SMILES string of the molecule is C[Si](C)(C)CC1CC(CS(=O)(=O)Cl)C1. The van der Waals surface area contributed by atoms with Gasteiger partial charge in [-0.2, -0.15) is 0 Å². The van der Waals surface area contributed by atoms with Crippen LogP contribution in [0.15, 0.2) is 0 Å². The summed E-state index contributed by atoms with van der Waals surface area (Å²) in [4.78, 5) is 0. The standard InChI is InChI=1S/C9H19ClO2SSi/c1-14(2,3)7-9-4-8(5-9)6-13(10,11)12/h8-9H,4-7H2,1-3H3. The third-order valence-electron chi connectivity index (χ3n) is 2.67. The summed E-state index contributed by atoms with van der Waals surface area (Å²) in [7, 11) is 0.974. The first kappa shape index (κ1) is 12.5. The van der Waals surface area contributed by atoms with Crippen LogP contribution in [-0.2, 0) is 9.05 Å². The molecule has 1 aliphatic rings. The molecule has 1 aliphatic carbocycles. The van der Waals surface area contributed by atoms with E-state index >= 15 is 0 Å². The molecule has 0 bridgehead atoms. The summed E-state index contributed by atoms with van der Waals surface area (Å²) in [5.74, 6) is 1.28. The molecule has 0 saturated heterocycles. The highest BCUT2D eigenvalue weighted by atomic mass is 35.7. The first-order valence-corrected chi connectivity index (χ1v) is 11.3. The van der Waals surface area contributed by atoms with E-state index in [0.29, 0.717) is 5.92 Å². The van der Waals surface area contributed by atoms with Gasteiger partial charge >= 0.3 is 0 Å². The maximum absolute atomic E-state index is 10.8. The summed E-state index contributed by atoms with van der Waals surface area (Å²) in [5.41, 5.74) is 0. The first-order valence-electron chi connectivity index (χ1n) is 5.08. The average Bonchev–Trinajstić information content (AvgIpc) is 1.75. The molecule has 1 saturated carbocycles. The molecule has 0 heterocycles. The van der Waals surface area contributed by atoms with Crippen molar-refractivity contribution in [1.82, 2.24) is 0 Å². The van der Waals surface area contributed by atoms with Gasteiger partial charge in [0.05, 0.1) is 5.75 Å². The molecule has 0 aromatic rings. The minimum atomic E-state index is -3.27. The predicted octanol–water partition coefficient (Wildman–Crippen LogP) is 2.92. The Bertz CT molecular complexity index is 288. The lowest BCUT2D eigenvalue weighted by molar-refractivity contribution is 0.234.